The van der Waals surface area contributed by atoms with E-state index in [0.717, 1.165) is 17.5 Å². The average Bonchev–Trinajstić information content (AvgIpc) is 3.04. The first-order chi connectivity index (χ1) is 9.86. The summed E-state index contributed by atoms with van der Waals surface area (Å²) in [5, 5.41) is 0. The molecule has 1 fully saturated rings. The zero-order chi connectivity index (χ0) is 13.8. The van der Waals surface area contributed by atoms with Crippen molar-refractivity contribution in [2.75, 3.05) is 13.2 Å². The highest BCUT2D eigenvalue weighted by Gasteiger charge is 2.31. The van der Waals surface area contributed by atoms with Crippen LogP contribution in [0.1, 0.15) is 23.5 Å². The highest BCUT2D eigenvalue weighted by molar-refractivity contribution is 5.91. The van der Waals surface area contributed by atoms with Crippen LogP contribution in [0.5, 0.6) is 0 Å². The van der Waals surface area contributed by atoms with Gasteiger partial charge in [0.15, 0.2) is 0 Å². The van der Waals surface area contributed by atoms with Crippen molar-refractivity contribution in [3.05, 3.63) is 71.8 Å². The largest absolute Gasteiger partial charge is 0.381 e. The molecule has 0 spiro atoms. The minimum Gasteiger partial charge on any atom is -0.381 e. The van der Waals surface area contributed by atoms with Gasteiger partial charge in [-0.3, -0.25) is 4.79 Å². The van der Waals surface area contributed by atoms with Gasteiger partial charge in [0.1, 0.15) is 5.78 Å². The number of benzene rings is 2. The van der Waals surface area contributed by atoms with Crippen molar-refractivity contribution in [3.8, 4) is 0 Å². The first-order valence-corrected chi connectivity index (χ1v) is 7.07. The molecule has 0 aliphatic carbocycles. The monoisotopic (exact) mass is 266 g/mol. The second kappa shape index (κ2) is 6.02. The number of ketones is 1. The minimum atomic E-state index is -0.177. The van der Waals surface area contributed by atoms with E-state index in [2.05, 4.69) is 0 Å². The second-order valence-electron chi connectivity index (χ2n) is 5.22. The van der Waals surface area contributed by atoms with Gasteiger partial charge in [-0.2, -0.15) is 0 Å². The van der Waals surface area contributed by atoms with E-state index in [1.807, 2.05) is 60.7 Å². The molecular weight excluding hydrogens is 248 g/mol. The van der Waals surface area contributed by atoms with Gasteiger partial charge < -0.3 is 4.74 Å². The molecule has 0 aromatic heterocycles. The zero-order valence-corrected chi connectivity index (χ0v) is 11.4. The summed E-state index contributed by atoms with van der Waals surface area (Å²) in [6.07, 6.45) is 0.842. The van der Waals surface area contributed by atoms with E-state index >= 15 is 0 Å². The molecule has 1 unspecified atom stereocenters. The molecule has 1 atom stereocenters. The molecule has 1 aliphatic heterocycles. The van der Waals surface area contributed by atoms with Crippen LogP contribution < -0.4 is 0 Å². The predicted octanol–water partition coefficient (Wildman–Crippen LogP) is 3.42. The van der Waals surface area contributed by atoms with E-state index in [-0.39, 0.29) is 17.6 Å². The number of ether oxygens (including phenoxy) is 1. The Morgan fingerprint density at radius 2 is 1.50 bits per heavy atom. The Kier molecular flexibility index (Phi) is 3.93. The molecule has 2 aromatic carbocycles. The highest BCUT2D eigenvalue weighted by atomic mass is 16.5. The van der Waals surface area contributed by atoms with Crippen molar-refractivity contribution in [2.24, 2.45) is 5.92 Å². The van der Waals surface area contributed by atoms with Crippen LogP contribution in [0.4, 0.5) is 0 Å². The summed E-state index contributed by atoms with van der Waals surface area (Å²) in [6.45, 7) is 1.27. The summed E-state index contributed by atoms with van der Waals surface area (Å²) in [6, 6.07) is 20.1. The average molecular weight is 266 g/mol. The molecule has 1 aliphatic rings. The Morgan fingerprint density at radius 1 is 0.950 bits per heavy atom. The molecule has 102 valence electrons. The number of rotatable bonds is 4. The molecule has 20 heavy (non-hydrogen) atoms. The summed E-state index contributed by atoms with van der Waals surface area (Å²) in [5.41, 5.74) is 2.13. The summed E-state index contributed by atoms with van der Waals surface area (Å²) in [4.78, 5) is 12.9. The van der Waals surface area contributed by atoms with Crippen molar-refractivity contribution in [1.29, 1.82) is 0 Å². The Balaban J connectivity index is 1.97. The molecule has 2 heteroatoms. The number of carbonyl (C=O) groups excluding carboxylic acids is 1. The van der Waals surface area contributed by atoms with Crippen LogP contribution in [0.25, 0.3) is 0 Å². The lowest BCUT2D eigenvalue weighted by Crippen LogP contribution is -2.23. The van der Waals surface area contributed by atoms with Gasteiger partial charge in [-0.1, -0.05) is 60.7 Å². The van der Waals surface area contributed by atoms with Crippen LogP contribution in [0.3, 0.4) is 0 Å². The summed E-state index contributed by atoms with van der Waals surface area (Å²) >= 11 is 0. The summed E-state index contributed by atoms with van der Waals surface area (Å²) in [5.74, 6) is 0.129. The van der Waals surface area contributed by atoms with Crippen LogP contribution in [0.2, 0.25) is 0 Å². The Labute approximate surface area is 119 Å². The van der Waals surface area contributed by atoms with Gasteiger partial charge >= 0.3 is 0 Å². The van der Waals surface area contributed by atoms with Crippen molar-refractivity contribution in [2.45, 2.75) is 12.3 Å². The Morgan fingerprint density at radius 3 is 1.95 bits per heavy atom. The van der Waals surface area contributed by atoms with Gasteiger partial charge in [-0.05, 0) is 17.5 Å². The standard InChI is InChI=1S/C18H18O2/c19-18(16-11-12-20-13-16)17(14-7-3-1-4-8-14)15-9-5-2-6-10-15/h1-10,16-17H,11-13H2. The molecule has 3 rings (SSSR count). The fourth-order valence-electron chi connectivity index (χ4n) is 2.81. The predicted molar refractivity (Wildman–Crippen MR) is 78.7 cm³/mol. The van der Waals surface area contributed by atoms with Crippen LogP contribution in [0.15, 0.2) is 60.7 Å². The molecule has 1 saturated heterocycles. The van der Waals surface area contributed by atoms with E-state index in [1.165, 1.54) is 0 Å². The lowest BCUT2D eigenvalue weighted by atomic mass is 9.82. The molecule has 0 amide bonds. The third-order valence-corrected chi connectivity index (χ3v) is 3.88. The molecule has 2 nitrogen and oxygen atoms in total. The molecule has 0 bridgehead atoms. The van der Waals surface area contributed by atoms with E-state index in [9.17, 15) is 4.79 Å². The molecule has 0 radical (unpaired) electrons. The lowest BCUT2D eigenvalue weighted by Gasteiger charge is -2.19. The fraction of sp³-hybridized carbons (Fsp3) is 0.278. The third-order valence-electron chi connectivity index (χ3n) is 3.88. The van der Waals surface area contributed by atoms with Crippen LogP contribution in [0, 0.1) is 5.92 Å². The molecule has 0 saturated carbocycles. The number of carbonyl (C=O) groups is 1. The van der Waals surface area contributed by atoms with E-state index in [4.69, 9.17) is 4.74 Å². The maximum absolute atomic E-state index is 12.9. The number of hydrogen-bond donors (Lipinski definition) is 0. The van der Waals surface area contributed by atoms with Gasteiger partial charge in [0.05, 0.1) is 12.5 Å². The zero-order valence-electron chi connectivity index (χ0n) is 11.4. The van der Waals surface area contributed by atoms with Crippen molar-refractivity contribution in [1.82, 2.24) is 0 Å². The SMILES string of the molecule is O=C(C1CCOC1)C(c1ccccc1)c1ccccc1. The maximum Gasteiger partial charge on any atom is 0.150 e. The quantitative estimate of drug-likeness (QED) is 0.847. The van der Waals surface area contributed by atoms with Crippen molar-refractivity contribution < 1.29 is 9.53 Å². The third kappa shape index (κ3) is 2.66. The van der Waals surface area contributed by atoms with Gasteiger partial charge in [0, 0.05) is 12.5 Å². The Hall–Kier alpha value is -1.93. The minimum absolute atomic E-state index is 0.0282. The van der Waals surface area contributed by atoms with Crippen molar-refractivity contribution in [3.63, 3.8) is 0 Å². The van der Waals surface area contributed by atoms with Gasteiger partial charge in [-0.25, -0.2) is 0 Å². The normalized spacial score (nSPS) is 18.4. The van der Waals surface area contributed by atoms with Crippen LogP contribution in [-0.4, -0.2) is 19.0 Å². The smallest absolute Gasteiger partial charge is 0.150 e. The van der Waals surface area contributed by atoms with Crippen LogP contribution in [-0.2, 0) is 9.53 Å². The fourth-order valence-corrected chi connectivity index (χ4v) is 2.81. The van der Waals surface area contributed by atoms with E-state index < -0.39 is 0 Å². The molecule has 0 N–H and O–H groups in total. The van der Waals surface area contributed by atoms with E-state index in [0.29, 0.717) is 13.2 Å². The van der Waals surface area contributed by atoms with Crippen LogP contribution >= 0.6 is 0 Å². The van der Waals surface area contributed by atoms with Gasteiger partial charge in [-0.15, -0.1) is 0 Å². The topological polar surface area (TPSA) is 26.3 Å². The molecule has 2 aromatic rings. The van der Waals surface area contributed by atoms with E-state index in [1.54, 1.807) is 0 Å². The summed E-state index contributed by atoms with van der Waals surface area (Å²) < 4.78 is 5.38. The molecule has 1 heterocycles. The number of hydrogen-bond acceptors (Lipinski definition) is 2. The molecular formula is C18H18O2. The number of Topliss-reactive ketones (excluding diaryl/α,β-unsaturated/α-hetero) is 1. The van der Waals surface area contributed by atoms with Gasteiger partial charge in [0.2, 0.25) is 0 Å². The second-order valence-corrected chi connectivity index (χ2v) is 5.22. The highest BCUT2D eigenvalue weighted by Crippen LogP contribution is 2.30. The lowest BCUT2D eigenvalue weighted by molar-refractivity contribution is -0.123. The van der Waals surface area contributed by atoms with Crippen molar-refractivity contribution >= 4 is 5.78 Å². The maximum atomic E-state index is 12.9. The summed E-state index contributed by atoms with van der Waals surface area (Å²) in [7, 11) is 0. The first-order valence-electron chi connectivity index (χ1n) is 7.07. The first kappa shape index (κ1) is 13.1. The van der Waals surface area contributed by atoms with Gasteiger partial charge in [0.25, 0.3) is 0 Å². The Bertz CT molecular complexity index is 517.